The highest BCUT2D eigenvalue weighted by atomic mass is 16.3. The van der Waals surface area contributed by atoms with E-state index in [0.29, 0.717) is 5.39 Å². The molecule has 0 spiro atoms. The van der Waals surface area contributed by atoms with Crippen molar-refractivity contribution in [2.24, 2.45) is 0 Å². The van der Waals surface area contributed by atoms with E-state index in [1.807, 2.05) is 12.1 Å². The fourth-order valence-electron chi connectivity index (χ4n) is 1.43. The number of Topliss-reactive ketones (excluding diaryl/α,β-unsaturated/α-hetero) is 1. The first kappa shape index (κ1) is 9.40. The van der Waals surface area contributed by atoms with Crippen molar-refractivity contribution < 1.29 is 14.0 Å². The third kappa shape index (κ3) is 1.48. The first-order valence-corrected chi connectivity index (χ1v) is 4.39. The zero-order valence-electron chi connectivity index (χ0n) is 7.90. The van der Waals surface area contributed by atoms with E-state index in [1.54, 1.807) is 12.1 Å². The molecule has 0 aliphatic carbocycles. The second kappa shape index (κ2) is 3.53. The summed E-state index contributed by atoms with van der Waals surface area (Å²) in [6.07, 6.45) is 3.37. The van der Waals surface area contributed by atoms with Gasteiger partial charge in [-0.1, -0.05) is 24.8 Å². The zero-order valence-corrected chi connectivity index (χ0v) is 7.90. The van der Waals surface area contributed by atoms with E-state index >= 15 is 0 Å². The molecule has 3 nitrogen and oxygen atoms in total. The number of carbonyl (C=O) groups excluding carboxylic acids is 2. The third-order valence-corrected chi connectivity index (χ3v) is 2.19. The van der Waals surface area contributed by atoms with Gasteiger partial charge in [0, 0.05) is 10.8 Å². The number of carbonyl (C=O) groups is 2. The topological polar surface area (TPSA) is 47.3 Å². The monoisotopic (exact) mass is 200 g/mol. The van der Waals surface area contributed by atoms with Gasteiger partial charge in [0.15, 0.2) is 12.0 Å². The number of benzene rings is 1. The Bertz CT molecular complexity index is 549. The minimum absolute atomic E-state index is 0.0868. The van der Waals surface area contributed by atoms with E-state index in [0.717, 1.165) is 10.9 Å². The van der Waals surface area contributed by atoms with Gasteiger partial charge in [0.1, 0.15) is 0 Å². The first-order chi connectivity index (χ1) is 7.26. The molecule has 1 heterocycles. The lowest BCUT2D eigenvalue weighted by Crippen LogP contribution is -1.97. The van der Waals surface area contributed by atoms with Crippen LogP contribution >= 0.6 is 0 Å². The van der Waals surface area contributed by atoms with Crippen LogP contribution in [-0.2, 0) is 4.79 Å². The zero-order chi connectivity index (χ0) is 10.8. The number of furan rings is 1. The Morgan fingerprint density at radius 2 is 2.20 bits per heavy atom. The molecule has 0 N–H and O–H groups in total. The highest BCUT2D eigenvalue weighted by Crippen LogP contribution is 2.22. The number of fused-ring (bicyclic) bond motifs is 1. The maximum Gasteiger partial charge on any atom is 0.261 e. The predicted octanol–water partition coefficient (Wildman–Crippen LogP) is 2.46. The molecule has 0 bridgehead atoms. The van der Waals surface area contributed by atoms with Gasteiger partial charge in [0.05, 0.1) is 6.26 Å². The molecule has 15 heavy (non-hydrogen) atoms. The van der Waals surface area contributed by atoms with E-state index < -0.39 is 5.78 Å². The van der Waals surface area contributed by atoms with Gasteiger partial charge in [-0.15, -0.1) is 0 Å². The average Bonchev–Trinajstić information content (AvgIpc) is 2.70. The largest absolute Gasteiger partial charge is 0.459 e. The Labute approximate surface area is 86.0 Å². The molecule has 3 heteroatoms. The van der Waals surface area contributed by atoms with E-state index in [1.165, 1.54) is 6.26 Å². The number of rotatable bonds is 3. The van der Waals surface area contributed by atoms with Crippen LogP contribution in [0.25, 0.3) is 16.8 Å². The number of hydrogen-bond acceptors (Lipinski definition) is 3. The molecule has 2 rings (SSSR count). The summed E-state index contributed by atoms with van der Waals surface area (Å²) in [7, 11) is 0. The number of ketones is 1. The summed E-state index contributed by atoms with van der Waals surface area (Å²) < 4.78 is 5.05. The van der Waals surface area contributed by atoms with Crippen LogP contribution in [0.15, 0.2) is 35.5 Å². The smallest absolute Gasteiger partial charge is 0.261 e. The molecule has 74 valence electrons. The molecule has 1 aromatic carbocycles. The van der Waals surface area contributed by atoms with E-state index in [4.69, 9.17) is 4.42 Å². The second-order valence-corrected chi connectivity index (χ2v) is 3.10. The molecule has 0 aliphatic rings. The Balaban J connectivity index is 2.71. The Morgan fingerprint density at radius 1 is 1.40 bits per heavy atom. The summed E-state index contributed by atoms with van der Waals surface area (Å²) in [6.45, 7) is 3.63. The van der Waals surface area contributed by atoms with Crippen LogP contribution in [0.1, 0.15) is 16.1 Å². The average molecular weight is 200 g/mol. The van der Waals surface area contributed by atoms with Gasteiger partial charge >= 0.3 is 0 Å². The van der Waals surface area contributed by atoms with Crippen molar-refractivity contribution in [3.63, 3.8) is 0 Å². The Morgan fingerprint density at radius 3 is 2.87 bits per heavy atom. The Kier molecular flexibility index (Phi) is 2.21. The molecule has 0 saturated carbocycles. The van der Waals surface area contributed by atoms with E-state index in [2.05, 4.69) is 6.58 Å². The molecule has 0 saturated heterocycles. The molecule has 0 aliphatic heterocycles. The van der Waals surface area contributed by atoms with Gasteiger partial charge in [0.25, 0.3) is 5.78 Å². The summed E-state index contributed by atoms with van der Waals surface area (Å²) >= 11 is 0. The van der Waals surface area contributed by atoms with Gasteiger partial charge in [0.2, 0.25) is 0 Å². The lowest BCUT2D eigenvalue weighted by Gasteiger charge is -1.93. The summed E-state index contributed by atoms with van der Waals surface area (Å²) in [5.74, 6) is -0.560. The second-order valence-electron chi connectivity index (χ2n) is 3.10. The molecule has 0 unspecified atom stereocenters. The van der Waals surface area contributed by atoms with Crippen molar-refractivity contribution in [2.75, 3.05) is 0 Å². The van der Waals surface area contributed by atoms with E-state index in [9.17, 15) is 9.59 Å². The van der Waals surface area contributed by atoms with Crippen LogP contribution in [0.5, 0.6) is 0 Å². The van der Waals surface area contributed by atoms with Crippen molar-refractivity contribution in [3.8, 4) is 0 Å². The van der Waals surface area contributed by atoms with Gasteiger partial charge in [-0.25, -0.2) is 0 Å². The quantitative estimate of drug-likeness (QED) is 0.434. The maximum atomic E-state index is 11.2. The van der Waals surface area contributed by atoms with Crippen LogP contribution < -0.4 is 0 Å². The Hall–Kier alpha value is -2.16. The molecular weight excluding hydrogens is 192 g/mol. The molecule has 1 aromatic heterocycles. The van der Waals surface area contributed by atoms with Crippen LogP contribution in [0.3, 0.4) is 0 Å². The van der Waals surface area contributed by atoms with Crippen LogP contribution in [0.4, 0.5) is 0 Å². The minimum Gasteiger partial charge on any atom is -0.459 e. The van der Waals surface area contributed by atoms with Crippen molar-refractivity contribution in [3.05, 3.63) is 42.4 Å². The van der Waals surface area contributed by atoms with Crippen LogP contribution in [0.2, 0.25) is 0 Å². The van der Waals surface area contributed by atoms with Crippen molar-refractivity contribution in [1.82, 2.24) is 0 Å². The molecule has 0 amide bonds. The highest BCUT2D eigenvalue weighted by Gasteiger charge is 2.13. The molecule has 0 radical (unpaired) electrons. The SMILES string of the molecule is C=Cc1ccc2coc(C(=O)C=O)c2c1. The minimum atomic E-state index is -0.647. The predicted molar refractivity (Wildman–Crippen MR) is 56.7 cm³/mol. The molecule has 0 fully saturated rings. The van der Waals surface area contributed by atoms with Crippen LogP contribution in [0, 0.1) is 0 Å². The summed E-state index contributed by atoms with van der Waals surface area (Å²) in [6, 6.07) is 5.44. The number of aldehydes is 1. The lowest BCUT2D eigenvalue weighted by atomic mass is 10.1. The van der Waals surface area contributed by atoms with Crippen molar-refractivity contribution in [2.45, 2.75) is 0 Å². The van der Waals surface area contributed by atoms with Crippen LogP contribution in [-0.4, -0.2) is 12.1 Å². The summed E-state index contributed by atoms with van der Waals surface area (Å²) in [5, 5.41) is 1.44. The van der Waals surface area contributed by atoms with Gasteiger partial charge in [-0.05, 0) is 11.6 Å². The number of hydrogen-bond donors (Lipinski definition) is 0. The normalized spacial score (nSPS) is 10.1. The van der Waals surface area contributed by atoms with Crippen molar-refractivity contribution >= 4 is 28.9 Å². The standard InChI is InChI=1S/C12H8O3/c1-2-8-3-4-9-7-15-12(10(9)5-8)11(14)6-13/h2-7H,1H2. The van der Waals surface area contributed by atoms with Gasteiger partial charge in [-0.2, -0.15) is 0 Å². The van der Waals surface area contributed by atoms with Gasteiger partial charge in [-0.3, -0.25) is 9.59 Å². The summed E-state index contributed by atoms with van der Waals surface area (Å²) in [4.78, 5) is 21.6. The van der Waals surface area contributed by atoms with Crippen molar-refractivity contribution in [1.29, 1.82) is 0 Å². The van der Waals surface area contributed by atoms with Gasteiger partial charge < -0.3 is 4.42 Å². The fourth-order valence-corrected chi connectivity index (χ4v) is 1.43. The molecular formula is C12H8O3. The summed E-state index contributed by atoms with van der Waals surface area (Å²) in [5.41, 5.74) is 0.879. The molecule has 0 atom stereocenters. The maximum absolute atomic E-state index is 11.2. The fraction of sp³-hybridized carbons (Fsp3) is 0. The molecule has 2 aromatic rings. The lowest BCUT2D eigenvalue weighted by molar-refractivity contribution is -0.104. The highest BCUT2D eigenvalue weighted by molar-refractivity contribution is 6.35. The van der Waals surface area contributed by atoms with E-state index in [-0.39, 0.29) is 12.0 Å². The first-order valence-electron chi connectivity index (χ1n) is 4.39. The third-order valence-electron chi connectivity index (χ3n) is 2.19.